The summed E-state index contributed by atoms with van der Waals surface area (Å²) in [4.78, 5) is 23.8. The van der Waals surface area contributed by atoms with Crippen LogP contribution in [-0.4, -0.2) is 24.6 Å². The Morgan fingerprint density at radius 2 is 1.62 bits per heavy atom. The fourth-order valence-electron chi connectivity index (χ4n) is 4.32. The zero-order valence-electron chi connectivity index (χ0n) is 20.2. The smallest absolute Gasteiger partial charge is 0.338 e. The number of hydrogen-bond donors (Lipinski definition) is 0. The molecule has 0 N–H and O–H groups in total. The number of carbonyl (C=O) groups is 2. The first kappa shape index (κ1) is 26.2. The molecule has 4 heteroatoms. The maximum atomic E-state index is 12.5. The Labute approximate surface area is 194 Å². The number of unbranched alkanes of at least 4 members (excludes halogenated alkanes) is 5. The Hall–Kier alpha value is -2.10. The lowest BCUT2D eigenvalue weighted by atomic mass is 9.84. The van der Waals surface area contributed by atoms with Gasteiger partial charge in [-0.15, -0.1) is 0 Å². The second-order valence-electron chi connectivity index (χ2n) is 9.32. The molecule has 0 spiro atoms. The van der Waals surface area contributed by atoms with E-state index in [2.05, 4.69) is 13.5 Å². The summed E-state index contributed by atoms with van der Waals surface area (Å²) >= 11 is 0. The third kappa shape index (κ3) is 10.0. The van der Waals surface area contributed by atoms with Crippen molar-refractivity contribution in [1.29, 1.82) is 0 Å². The van der Waals surface area contributed by atoms with Crippen molar-refractivity contribution in [3.8, 4) is 0 Å². The Balaban J connectivity index is 1.59. The molecule has 4 nitrogen and oxygen atoms in total. The molecule has 0 aliphatic heterocycles. The predicted octanol–water partition coefficient (Wildman–Crippen LogP) is 7.20. The molecule has 2 rings (SSSR count). The van der Waals surface area contributed by atoms with Gasteiger partial charge in [-0.25, -0.2) is 9.59 Å². The van der Waals surface area contributed by atoms with Crippen molar-refractivity contribution in [2.45, 2.75) is 103 Å². The lowest BCUT2D eigenvalue weighted by Gasteiger charge is -2.28. The predicted molar refractivity (Wildman–Crippen MR) is 130 cm³/mol. The van der Waals surface area contributed by atoms with Crippen LogP contribution in [0.5, 0.6) is 0 Å². The van der Waals surface area contributed by atoms with E-state index < -0.39 is 0 Å². The molecule has 0 unspecified atom stereocenters. The van der Waals surface area contributed by atoms with Crippen molar-refractivity contribution in [2.75, 3.05) is 6.61 Å². The van der Waals surface area contributed by atoms with Crippen molar-refractivity contribution in [3.63, 3.8) is 0 Å². The van der Waals surface area contributed by atoms with E-state index in [9.17, 15) is 9.59 Å². The number of ether oxygens (including phenoxy) is 2. The topological polar surface area (TPSA) is 52.6 Å². The maximum Gasteiger partial charge on any atom is 0.338 e. The summed E-state index contributed by atoms with van der Waals surface area (Å²) in [5, 5.41) is 0. The third-order valence-corrected chi connectivity index (χ3v) is 6.41. The SMILES string of the molecule is C=C(C)C(=O)OCCCCCCc1ccc(C(=O)OC2CCC(CCCCC)CC2)cc1. The van der Waals surface area contributed by atoms with Gasteiger partial charge in [0.25, 0.3) is 0 Å². The molecule has 1 aliphatic rings. The lowest BCUT2D eigenvalue weighted by molar-refractivity contribution is -0.139. The first-order valence-electron chi connectivity index (χ1n) is 12.6. The van der Waals surface area contributed by atoms with Gasteiger partial charge < -0.3 is 9.47 Å². The molecule has 0 aromatic heterocycles. The van der Waals surface area contributed by atoms with Gasteiger partial charge in [-0.2, -0.15) is 0 Å². The number of aryl methyl sites for hydroxylation is 1. The Kier molecular flexibility index (Phi) is 12.2. The number of carbonyl (C=O) groups excluding carboxylic acids is 2. The van der Waals surface area contributed by atoms with Crippen LogP contribution in [0.3, 0.4) is 0 Å². The highest BCUT2D eigenvalue weighted by molar-refractivity contribution is 5.89. The van der Waals surface area contributed by atoms with Gasteiger partial charge in [-0.1, -0.05) is 64.2 Å². The van der Waals surface area contributed by atoms with Crippen molar-refractivity contribution in [3.05, 3.63) is 47.5 Å². The normalized spacial score (nSPS) is 18.2. The van der Waals surface area contributed by atoms with Gasteiger partial charge in [0.05, 0.1) is 12.2 Å². The van der Waals surface area contributed by atoms with Gasteiger partial charge in [-0.3, -0.25) is 0 Å². The van der Waals surface area contributed by atoms with E-state index in [1.54, 1.807) is 6.92 Å². The van der Waals surface area contributed by atoms with Gasteiger partial charge in [0.15, 0.2) is 0 Å². The average molecular weight is 443 g/mol. The number of rotatable bonds is 14. The molecule has 1 fully saturated rings. The van der Waals surface area contributed by atoms with Crippen molar-refractivity contribution >= 4 is 11.9 Å². The van der Waals surface area contributed by atoms with Gasteiger partial charge in [-0.05, 0) is 75.5 Å². The standard InChI is InChI=1S/C28H42O4/c1-4-5-8-11-24-15-19-26(20-16-24)32-28(30)25-17-13-23(14-18-25)12-9-6-7-10-21-31-27(29)22(2)3/h13-14,17-18,24,26H,2,4-12,15-16,19-21H2,1,3H3. The fraction of sp³-hybridized carbons (Fsp3) is 0.643. The molecule has 1 aromatic carbocycles. The van der Waals surface area contributed by atoms with E-state index >= 15 is 0 Å². The summed E-state index contributed by atoms with van der Waals surface area (Å²) in [6.07, 6.45) is 14.8. The fourth-order valence-corrected chi connectivity index (χ4v) is 4.32. The first-order chi connectivity index (χ1) is 15.5. The molecule has 1 saturated carbocycles. The lowest BCUT2D eigenvalue weighted by Crippen LogP contribution is -2.24. The summed E-state index contributed by atoms with van der Waals surface area (Å²) in [5.41, 5.74) is 2.34. The first-order valence-corrected chi connectivity index (χ1v) is 12.6. The molecule has 178 valence electrons. The van der Waals surface area contributed by atoms with Crippen molar-refractivity contribution < 1.29 is 19.1 Å². The summed E-state index contributed by atoms with van der Waals surface area (Å²) in [7, 11) is 0. The van der Waals surface area contributed by atoms with Crippen molar-refractivity contribution in [1.82, 2.24) is 0 Å². The highest BCUT2D eigenvalue weighted by Gasteiger charge is 2.24. The van der Waals surface area contributed by atoms with E-state index in [1.807, 2.05) is 24.3 Å². The summed E-state index contributed by atoms with van der Waals surface area (Å²) in [6, 6.07) is 7.86. The third-order valence-electron chi connectivity index (χ3n) is 6.41. The summed E-state index contributed by atoms with van der Waals surface area (Å²) < 4.78 is 10.9. The van der Waals surface area contributed by atoms with Crippen LogP contribution in [0.4, 0.5) is 0 Å². The Morgan fingerprint density at radius 1 is 0.938 bits per heavy atom. The summed E-state index contributed by atoms with van der Waals surface area (Å²) in [5.74, 6) is 0.330. The van der Waals surface area contributed by atoms with E-state index in [0.717, 1.165) is 50.9 Å². The highest BCUT2D eigenvalue weighted by atomic mass is 16.5. The largest absolute Gasteiger partial charge is 0.462 e. The number of benzene rings is 1. The molecule has 1 aliphatic carbocycles. The number of esters is 2. The van der Waals surface area contributed by atoms with Crippen molar-refractivity contribution in [2.24, 2.45) is 5.92 Å². The van der Waals surface area contributed by atoms with Gasteiger partial charge >= 0.3 is 11.9 Å². The van der Waals surface area contributed by atoms with Crippen LogP contribution in [0.15, 0.2) is 36.4 Å². The van der Waals surface area contributed by atoms with Gasteiger partial charge in [0, 0.05) is 5.57 Å². The molecule has 0 radical (unpaired) electrons. The molecule has 0 amide bonds. The van der Waals surface area contributed by atoms with E-state index in [0.29, 0.717) is 17.7 Å². The zero-order chi connectivity index (χ0) is 23.2. The van der Waals surface area contributed by atoms with Crippen LogP contribution < -0.4 is 0 Å². The minimum atomic E-state index is -0.307. The number of hydrogen-bond acceptors (Lipinski definition) is 4. The molecule has 1 aromatic rings. The maximum absolute atomic E-state index is 12.5. The minimum Gasteiger partial charge on any atom is -0.462 e. The average Bonchev–Trinajstić information content (AvgIpc) is 2.80. The van der Waals surface area contributed by atoms with E-state index in [-0.39, 0.29) is 18.0 Å². The van der Waals surface area contributed by atoms with Crippen LogP contribution in [0.25, 0.3) is 0 Å². The van der Waals surface area contributed by atoms with Crippen LogP contribution in [0, 0.1) is 5.92 Å². The highest BCUT2D eigenvalue weighted by Crippen LogP contribution is 2.30. The molecule has 0 saturated heterocycles. The van der Waals surface area contributed by atoms with Gasteiger partial charge in [0.1, 0.15) is 6.10 Å². The van der Waals surface area contributed by atoms with Crippen LogP contribution in [0.1, 0.15) is 107 Å². The Bertz CT molecular complexity index is 699. The van der Waals surface area contributed by atoms with Crippen LogP contribution >= 0.6 is 0 Å². The van der Waals surface area contributed by atoms with Crippen LogP contribution in [0.2, 0.25) is 0 Å². The second kappa shape index (κ2) is 14.9. The molecular formula is C28H42O4. The zero-order valence-corrected chi connectivity index (χ0v) is 20.2. The minimum absolute atomic E-state index is 0.0827. The molecule has 0 atom stereocenters. The van der Waals surface area contributed by atoms with E-state index in [4.69, 9.17) is 9.47 Å². The molecule has 0 bridgehead atoms. The molecular weight excluding hydrogens is 400 g/mol. The quantitative estimate of drug-likeness (QED) is 0.174. The molecule has 0 heterocycles. The monoisotopic (exact) mass is 442 g/mol. The molecule has 32 heavy (non-hydrogen) atoms. The van der Waals surface area contributed by atoms with E-state index in [1.165, 1.54) is 44.1 Å². The summed E-state index contributed by atoms with van der Waals surface area (Å²) in [6.45, 7) is 7.94. The van der Waals surface area contributed by atoms with Gasteiger partial charge in [0.2, 0.25) is 0 Å². The second-order valence-corrected chi connectivity index (χ2v) is 9.32. The Morgan fingerprint density at radius 3 is 2.28 bits per heavy atom. The van der Waals surface area contributed by atoms with Crippen LogP contribution in [-0.2, 0) is 20.7 Å².